The standard InChI is InChI=1S/C27H25F3N4O3/c1-16-15-37-11-10-34(16)26-21-7-8-22(17-6-9-23(36-2)19(12-17)14-35)31-25(21)32-24(33-26)18-4-3-5-20(13-18)27(28,29)30/h3-9,12-13,16,35H,10-11,14-15H2,1-2H3/t16-/m0/s1. The molecule has 1 N–H and O–H groups in total. The molecule has 3 heterocycles. The van der Waals surface area contributed by atoms with Crippen LogP contribution in [-0.4, -0.2) is 53.0 Å². The first-order chi connectivity index (χ1) is 17.8. The van der Waals surface area contributed by atoms with E-state index in [9.17, 15) is 18.3 Å². The minimum absolute atomic E-state index is 0.00888. The summed E-state index contributed by atoms with van der Waals surface area (Å²) in [5.41, 5.74) is 1.78. The number of aliphatic hydroxyl groups is 1. The number of hydrogen-bond acceptors (Lipinski definition) is 7. The van der Waals surface area contributed by atoms with Gasteiger partial charge in [0.15, 0.2) is 11.5 Å². The molecule has 192 valence electrons. The van der Waals surface area contributed by atoms with Crippen LogP contribution >= 0.6 is 0 Å². The Morgan fingerprint density at radius 1 is 1.05 bits per heavy atom. The summed E-state index contributed by atoms with van der Waals surface area (Å²) in [5.74, 6) is 1.31. The average Bonchev–Trinajstić information content (AvgIpc) is 2.91. The van der Waals surface area contributed by atoms with Crippen molar-refractivity contribution in [3.63, 3.8) is 0 Å². The Balaban J connectivity index is 1.69. The number of anilines is 1. The summed E-state index contributed by atoms with van der Waals surface area (Å²) in [5, 5.41) is 10.4. The van der Waals surface area contributed by atoms with E-state index in [0.717, 1.165) is 17.7 Å². The van der Waals surface area contributed by atoms with Gasteiger partial charge in [-0.05, 0) is 49.4 Å². The first-order valence-electron chi connectivity index (χ1n) is 11.8. The molecule has 0 bridgehead atoms. The van der Waals surface area contributed by atoms with Crippen molar-refractivity contribution < 1.29 is 27.8 Å². The Hall–Kier alpha value is -3.76. The fourth-order valence-corrected chi connectivity index (χ4v) is 4.44. The number of methoxy groups -OCH3 is 1. The van der Waals surface area contributed by atoms with Gasteiger partial charge in [0, 0.05) is 23.2 Å². The zero-order valence-corrected chi connectivity index (χ0v) is 20.3. The number of rotatable bonds is 5. The molecule has 1 saturated heterocycles. The maximum absolute atomic E-state index is 13.4. The zero-order chi connectivity index (χ0) is 26.2. The molecule has 0 spiro atoms. The molecule has 1 aliphatic rings. The lowest BCUT2D eigenvalue weighted by Gasteiger charge is -2.35. The number of nitrogens with zero attached hydrogens (tertiary/aromatic N) is 4. The second kappa shape index (κ2) is 9.95. The number of fused-ring (bicyclic) bond motifs is 1. The molecule has 7 nitrogen and oxygen atoms in total. The van der Waals surface area contributed by atoms with E-state index >= 15 is 0 Å². The van der Waals surface area contributed by atoms with E-state index in [1.807, 2.05) is 25.1 Å². The smallest absolute Gasteiger partial charge is 0.416 e. The molecular formula is C27H25F3N4O3. The predicted molar refractivity (Wildman–Crippen MR) is 133 cm³/mol. The van der Waals surface area contributed by atoms with Gasteiger partial charge >= 0.3 is 6.18 Å². The number of halogens is 3. The number of aromatic nitrogens is 3. The summed E-state index contributed by atoms with van der Waals surface area (Å²) < 4.78 is 51.1. The number of pyridine rings is 1. The van der Waals surface area contributed by atoms with Crippen LogP contribution in [0.1, 0.15) is 18.1 Å². The summed E-state index contributed by atoms with van der Waals surface area (Å²) in [4.78, 5) is 16.1. The van der Waals surface area contributed by atoms with Crippen LogP contribution in [0.5, 0.6) is 5.75 Å². The Morgan fingerprint density at radius 2 is 1.89 bits per heavy atom. The lowest BCUT2D eigenvalue weighted by Crippen LogP contribution is -2.44. The molecule has 2 aromatic heterocycles. The summed E-state index contributed by atoms with van der Waals surface area (Å²) in [6.45, 7) is 3.40. The average molecular weight is 511 g/mol. The van der Waals surface area contributed by atoms with Gasteiger partial charge in [-0.3, -0.25) is 0 Å². The highest BCUT2D eigenvalue weighted by atomic mass is 19.4. The number of morpholine rings is 1. The zero-order valence-electron chi connectivity index (χ0n) is 20.3. The van der Waals surface area contributed by atoms with Crippen molar-refractivity contribution in [3.05, 3.63) is 65.7 Å². The van der Waals surface area contributed by atoms with Crippen molar-refractivity contribution in [3.8, 4) is 28.4 Å². The van der Waals surface area contributed by atoms with E-state index in [4.69, 9.17) is 19.4 Å². The van der Waals surface area contributed by atoms with Crippen LogP contribution in [0.25, 0.3) is 33.7 Å². The van der Waals surface area contributed by atoms with Crippen molar-refractivity contribution in [2.24, 2.45) is 0 Å². The lowest BCUT2D eigenvalue weighted by atomic mass is 10.1. The first kappa shape index (κ1) is 24.9. The molecule has 2 aromatic carbocycles. The van der Waals surface area contributed by atoms with Crippen molar-refractivity contribution >= 4 is 16.9 Å². The topological polar surface area (TPSA) is 80.6 Å². The second-order valence-corrected chi connectivity index (χ2v) is 8.82. The van der Waals surface area contributed by atoms with Gasteiger partial charge in [0.25, 0.3) is 0 Å². The van der Waals surface area contributed by atoms with Gasteiger partial charge in [-0.2, -0.15) is 13.2 Å². The highest BCUT2D eigenvalue weighted by Crippen LogP contribution is 2.34. The van der Waals surface area contributed by atoms with Gasteiger partial charge in [0.2, 0.25) is 0 Å². The summed E-state index contributed by atoms with van der Waals surface area (Å²) in [6.07, 6.45) is -4.49. The van der Waals surface area contributed by atoms with Crippen molar-refractivity contribution in [1.29, 1.82) is 0 Å². The molecule has 1 aliphatic heterocycles. The molecular weight excluding hydrogens is 485 g/mol. The van der Waals surface area contributed by atoms with Crippen LogP contribution in [-0.2, 0) is 17.5 Å². The molecule has 37 heavy (non-hydrogen) atoms. The van der Waals surface area contributed by atoms with E-state index in [0.29, 0.717) is 53.6 Å². The number of benzene rings is 2. The predicted octanol–water partition coefficient (Wildman–Crippen LogP) is 5.10. The number of aliphatic hydroxyl groups excluding tert-OH is 1. The minimum Gasteiger partial charge on any atom is -0.496 e. The SMILES string of the molecule is COc1ccc(-c2ccc3c(N4CCOC[C@@H]4C)nc(-c4cccc(C(F)(F)F)c4)nc3n2)cc1CO. The fourth-order valence-electron chi connectivity index (χ4n) is 4.44. The summed E-state index contributed by atoms with van der Waals surface area (Å²) >= 11 is 0. The highest BCUT2D eigenvalue weighted by molar-refractivity contribution is 5.90. The molecule has 10 heteroatoms. The largest absolute Gasteiger partial charge is 0.496 e. The van der Waals surface area contributed by atoms with Crippen molar-refractivity contribution in [1.82, 2.24) is 15.0 Å². The molecule has 4 aromatic rings. The molecule has 5 rings (SSSR count). The summed E-state index contributed by atoms with van der Waals surface area (Å²) in [7, 11) is 1.53. The van der Waals surface area contributed by atoms with Crippen LogP contribution in [0.4, 0.5) is 19.0 Å². The lowest BCUT2D eigenvalue weighted by molar-refractivity contribution is -0.137. The molecule has 1 atom stereocenters. The normalized spacial score (nSPS) is 16.3. The van der Waals surface area contributed by atoms with Gasteiger partial charge < -0.3 is 19.5 Å². The molecule has 0 saturated carbocycles. The quantitative estimate of drug-likeness (QED) is 0.400. The van der Waals surface area contributed by atoms with Crippen LogP contribution in [0.3, 0.4) is 0 Å². The third-order valence-corrected chi connectivity index (χ3v) is 6.37. The Kier molecular flexibility index (Phi) is 6.70. The molecule has 0 amide bonds. The Labute approximate surface area is 211 Å². The fraction of sp³-hybridized carbons (Fsp3) is 0.296. The molecule has 0 unspecified atom stereocenters. The maximum atomic E-state index is 13.4. The van der Waals surface area contributed by atoms with E-state index in [1.54, 1.807) is 18.2 Å². The minimum atomic E-state index is -4.49. The molecule has 0 aliphatic carbocycles. The Morgan fingerprint density at radius 3 is 2.62 bits per heavy atom. The van der Waals surface area contributed by atoms with Gasteiger partial charge in [0.05, 0.1) is 49.6 Å². The van der Waals surface area contributed by atoms with Gasteiger partial charge in [-0.15, -0.1) is 0 Å². The van der Waals surface area contributed by atoms with Gasteiger partial charge in [0.1, 0.15) is 11.6 Å². The van der Waals surface area contributed by atoms with E-state index in [1.165, 1.54) is 13.2 Å². The van der Waals surface area contributed by atoms with Gasteiger partial charge in [-0.25, -0.2) is 15.0 Å². The molecule has 1 fully saturated rings. The Bertz CT molecular complexity index is 1440. The maximum Gasteiger partial charge on any atom is 0.416 e. The third kappa shape index (κ3) is 4.94. The van der Waals surface area contributed by atoms with E-state index in [-0.39, 0.29) is 24.0 Å². The second-order valence-electron chi connectivity index (χ2n) is 8.82. The third-order valence-electron chi connectivity index (χ3n) is 6.37. The monoisotopic (exact) mass is 510 g/mol. The molecule has 0 radical (unpaired) electrons. The van der Waals surface area contributed by atoms with E-state index < -0.39 is 11.7 Å². The highest BCUT2D eigenvalue weighted by Gasteiger charge is 2.31. The van der Waals surface area contributed by atoms with Crippen LogP contribution in [0.2, 0.25) is 0 Å². The van der Waals surface area contributed by atoms with Crippen molar-refractivity contribution in [2.75, 3.05) is 31.8 Å². The van der Waals surface area contributed by atoms with Crippen molar-refractivity contribution in [2.45, 2.75) is 25.7 Å². The van der Waals surface area contributed by atoms with Crippen LogP contribution in [0.15, 0.2) is 54.6 Å². The van der Waals surface area contributed by atoms with Crippen LogP contribution < -0.4 is 9.64 Å². The van der Waals surface area contributed by atoms with E-state index in [2.05, 4.69) is 9.88 Å². The number of hydrogen-bond donors (Lipinski definition) is 1. The first-order valence-corrected chi connectivity index (χ1v) is 11.8. The number of alkyl halides is 3. The number of ether oxygens (including phenoxy) is 2. The van der Waals surface area contributed by atoms with Gasteiger partial charge in [-0.1, -0.05) is 12.1 Å². The van der Waals surface area contributed by atoms with Crippen LogP contribution in [0, 0.1) is 0 Å². The summed E-state index contributed by atoms with van der Waals surface area (Å²) in [6, 6.07) is 14.1.